The van der Waals surface area contributed by atoms with Crippen LogP contribution in [0.5, 0.6) is 5.75 Å². The van der Waals surface area contributed by atoms with E-state index in [9.17, 15) is 5.11 Å². The Kier molecular flexibility index (Phi) is 4.71. The number of rotatable bonds is 5. The molecule has 5 heteroatoms. The molecule has 0 radical (unpaired) electrons. The highest BCUT2D eigenvalue weighted by atomic mass is 16.5. The van der Waals surface area contributed by atoms with E-state index in [1.807, 2.05) is 42.5 Å². The summed E-state index contributed by atoms with van der Waals surface area (Å²) in [6.07, 6.45) is 1.58. The van der Waals surface area contributed by atoms with Crippen LogP contribution < -0.4 is 15.8 Å². The number of aliphatic hydroxyl groups is 1. The standard InChI is InChI=1S/C19H23N3O2/c1-24-17-9-5-3-7-15(17)12-21-18(20)22-13-19(23)11-10-14-6-2-4-8-16(14)19/h2-9,23H,10-13H2,1H3,(H3,20,21,22). The fraction of sp³-hybridized carbons (Fsp3) is 0.316. The highest BCUT2D eigenvalue weighted by Crippen LogP contribution is 2.36. The number of methoxy groups -OCH3 is 1. The van der Waals surface area contributed by atoms with Gasteiger partial charge >= 0.3 is 0 Å². The molecule has 0 bridgehead atoms. The fourth-order valence-corrected chi connectivity index (χ4v) is 3.15. The van der Waals surface area contributed by atoms with Gasteiger partial charge in [-0.05, 0) is 30.0 Å². The molecule has 1 atom stereocenters. The number of guanidine groups is 1. The summed E-state index contributed by atoms with van der Waals surface area (Å²) in [7, 11) is 1.64. The largest absolute Gasteiger partial charge is 0.496 e. The first-order valence-electron chi connectivity index (χ1n) is 8.09. The number of benzene rings is 2. The van der Waals surface area contributed by atoms with E-state index < -0.39 is 5.60 Å². The number of aliphatic imine (C=N–C) groups is 1. The highest BCUT2D eigenvalue weighted by Gasteiger charge is 2.36. The third-order valence-corrected chi connectivity index (χ3v) is 4.50. The van der Waals surface area contributed by atoms with Crippen molar-refractivity contribution in [2.45, 2.75) is 25.0 Å². The molecule has 0 amide bonds. The zero-order valence-electron chi connectivity index (χ0n) is 13.8. The molecule has 0 aliphatic heterocycles. The molecule has 5 nitrogen and oxygen atoms in total. The van der Waals surface area contributed by atoms with Crippen molar-refractivity contribution in [2.24, 2.45) is 10.7 Å². The molecule has 0 aromatic heterocycles. The third-order valence-electron chi connectivity index (χ3n) is 4.50. The summed E-state index contributed by atoms with van der Waals surface area (Å²) in [6, 6.07) is 15.7. The average Bonchev–Trinajstić information content (AvgIpc) is 2.96. The maximum Gasteiger partial charge on any atom is 0.189 e. The van der Waals surface area contributed by atoms with Crippen LogP contribution in [0.15, 0.2) is 53.5 Å². The number of hydrogen-bond donors (Lipinski definition) is 3. The lowest BCUT2D eigenvalue weighted by Gasteiger charge is -2.24. The van der Waals surface area contributed by atoms with E-state index >= 15 is 0 Å². The maximum absolute atomic E-state index is 10.9. The van der Waals surface area contributed by atoms with Crippen molar-refractivity contribution >= 4 is 5.96 Å². The van der Waals surface area contributed by atoms with E-state index in [1.54, 1.807) is 7.11 Å². The molecule has 0 spiro atoms. The predicted octanol–water partition coefficient (Wildman–Crippen LogP) is 1.93. The second kappa shape index (κ2) is 6.93. The molecule has 0 saturated heterocycles. The zero-order chi connectivity index (χ0) is 17.0. The minimum Gasteiger partial charge on any atom is -0.496 e. The van der Waals surface area contributed by atoms with Gasteiger partial charge in [-0.1, -0.05) is 42.5 Å². The molecular weight excluding hydrogens is 302 g/mol. The van der Waals surface area contributed by atoms with Gasteiger partial charge in [-0.25, -0.2) is 4.99 Å². The Hall–Kier alpha value is -2.53. The van der Waals surface area contributed by atoms with Crippen molar-refractivity contribution in [1.82, 2.24) is 5.32 Å². The van der Waals surface area contributed by atoms with Gasteiger partial charge in [-0.2, -0.15) is 0 Å². The first-order chi connectivity index (χ1) is 11.6. The van der Waals surface area contributed by atoms with Gasteiger partial charge in [0.2, 0.25) is 0 Å². The van der Waals surface area contributed by atoms with E-state index in [1.165, 1.54) is 5.56 Å². The first-order valence-corrected chi connectivity index (χ1v) is 8.09. The number of nitrogens with two attached hydrogens (primary N) is 1. The second-order valence-electron chi connectivity index (χ2n) is 6.06. The van der Waals surface area contributed by atoms with Crippen LogP contribution in [0, 0.1) is 0 Å². The molecular formula is C19H23N3O2. The molecule has 4 N–H and O–H groups in total. The van der Waals surface area contributed by atoms with Gasteiger partial charge in [0.05, 0.1) is 20.2 Å². The van der Waals surface area contributed by atoms with Crippen LogP contribution in [0.2, 0.25) is 0 Å². The molecule has 0 fully saturated rings. The van der Waals surface area contributed by atoms with Crippen LogP contribution >= 0.6 is 0 Å². The van der Waals surface area contributed by atoms with Crippen molar-refractivity contribution < 1.29 is 9.84 Å². The van der Waals surface area contributed by atoms with Gasteiger partial charge in [-0.3, -0.25) is 0 Å². The monoisotopic (exact) mass is 325 g/mol. The number of ether oxygens (including phenoxy) is 1. The first kappa shape index (κ1) is 16.3. The van der Waals surface area contributed by atoms with Gasteiger partial charge in [-0.15, -0.1) is 0 Å². The zero-order valence-corrected chi connectivity index (χ0v) is 13.8. The van der Waals surface area contributed by atoms with Gasteiger partial charge in [0.15, 0.2) is 5.96 Å². The Balaban J connectivity index is 1.62. The van der Waals surface area contributed by atoms with E-state index in [4.69, 9.17) is 10.5 Å². The van der Waals surface area contributed by atoms with Crippen molar-refractivity contribution in [3.8, 4) is 5.75 Å². The molecule has 24 heavy (non-hydrogen) atoms. The molecule has 1 unspecified atom stereocenters. The van der Waals surface area contributed by atoms with E-state index in [-0.39, 0.29) is 0 Å². The molecule has 1 aliphatic carbocycles. The summed E-state index contributed by atoms with van der Waals surface area (Å²) < 4.78 is 5.30. The number of aryl methyl sites for hydroxylation is 1. The Bertz CT molecular complexity index is 745. The molecule has 2 aromatic carbocycles. The summed E-state index contributed by atoms with van der Waals surface area (Å²) in [4.78, 5) is 4.34. The lowest BCUT2D eigenvalue weighted by Crippen LogP contribution is -2.42. The number of hydrogen-bond acceptors (Lipinski definition) is 3. The normalized spacial score (nSPS) is 19.8. The van der Waals surface area contributed by atoms with Crippen LogP contribution in [-0.4, -0.2) is 24.7 Å². The van der Waals surface area contributed by atoms with Crippen LogP contribution in [0.3, 0.4) is 0 Å². The van der Waals surface area contributed by atoms with Crippen molar-refractivity contribution in [2.75, 3.05) is 13.7 Å². The molecule has 0 saturated carbocycles. The molecule has 2 aromatic rings. The summed E-state index contributed by atoms with van der Waals surface area (Å²) >= 11 is 0. The third kappa shape index (κ3) is 3.36. The second-order valence-corrected chi connectivity index (χ2v) is 6.06. The summed E-state index contributed by atoms with van der Waals surface area (Å²) in [5.41, 5.74) is 8.22. The summed E-state index contributed by atoms with van der Waals surface area (Å²) in [5.74, 6) is 1.11. The number of nitrogens with zero attached hydrogens (tertiary/aromatic N) is 1. The maximum atomic E-state index is 10.9. The van der Waals surface area contributed by atoms with Crippen molar-refractivity contribution in [1.29, 1.82) is 0 Å². The molecule has 1 aliphatic rings. The molecule has 0 heterocycles. The Morgan fingerprint density at radius 3 is 2.83 bits per heavy atom. The van der Waals surface area contributed by atoms with E-state index in [0.717, 1.165) is 23.3 Å². The quantitative estimate of drug-likeness (QED) is 0.580. The lowest BCUT2D eigenvalue weighted by atomic mass is 9.96. The lowest BCUT2D eigenvalue weighted by molar-refractivity contribution is 0.0433. The SMILES string of the molecule is COc1ccccc1CN=C(N)NCC1(O)CCc2ccccc21. The summed E-state index contributed by atoms with van der Waals surface area (Å²) in [6.45, 7) is 0.781. The van der Waals surface area contributed by atoms with E-state index in [0.29, 0.717) is 25.5 Å². The van der Waals surface area contributed by atoms with Crippen LogP contribution in [0.1, 0.15) is 23.1 Å². The number of para-hydroxylation sites is 1. The molecule has 3 rings (SSSR count). The van der Waals surface area contributed by atoms with Gasteiger partial charge in [0.25, 0.3) is 0 Å². The van der Waals surface area contributed by atoms with Gasteiger partial charge < -0.3 is 20.9 Å². The predicted molar refractivity (Wildman–Crippen MR) is 95.0 cm³/mol. The number of fused-ring (bicyclic) bond motifs is 1. The van der Waals surface area contributed by atoms with Gasteiger partial charge in [0, 0.05) is 5.56 Å². The molecule has 126 valence electrons. The van der Waals surface area contributed by atoms with Crippen LogP contribution in [-0.2, 0) is 18.6 Å². The topological polar surface area (TPSA) is 79.9 Å². The summed E-state index contributed by atoms with van der Waals surface area (Å²) in [5, 5.41) is 13.9. The fourth-order valence-electron chi connectivity index (χ4n) is 3.15. The Morgan fingerprint density at radius 2 is 2.00 bits per heavy atom. The van der Waals surface area contributed by atoms with Crippen molar-refractivity contribution in [3.63, 3.8) is 0 Å². The minimum atomic E-state index is -0.888. The van der Waals surface area contributed by atoms with Crippen molar-refractivity contribution in [3.05, 3.63) is 65.2 Å². The van der Waals surface area contributed by atoms with Crippen LogP contribution in [0.4, 0.5) is 0 Å². The smallest absolute Gasteiger partial charge is 0.189 e. The van der Waals surface area contributed by atoms with Gasteiger partial charge in [0.1, 0.15) is 11.4 Å². The Morgan fingerprint density at radius 1 is 1.25 bits per heavy atom. The Labute approximate surface area is 142 Å². The minimum absolute atomic E-state index is 0.318. The highest BCUT2D eigenvalue weighted by molar-refractivity contribution is 5.78. The average molecular weight is 325 g/mol. The number of nitrogens with one attached hydrogen (secondary N) is 1. The van der Waals surface area contributed by atoms with E-state index in [2.05, 4.69) is 16.4 Å². The van der Waals surface area contributed by atoms with Crippen LogP contribution in [0.25, 0.3) is 0 Å².